The minimum absolute atomic E-state index is 0.425. The summed E-state index contributed by atoms with van der Waals surface area (Å²) in [6.07, 6.45) is 4.06. The normalized spacial score (nSPS) is 22.5. The summed E-state index contributed by atoms with van der Waals surface area (Å²) in [6.45, 7) is 1.11. The van der Waals surface area contributed by atoms with Gasteiger partial charge in [-0.2, -0.15) is 0 Å². The highest BCUT2D eigenvalue weighted by Gasteiger charge is 2.43. The lowest BCUT2D eigenvalue weighted by Crippen LogP contribution is -2.59. The Balaban J connectivity index is 2.03. The van der Waals surface area contributed by atoms with Gasteiger partial charge in [-0.3, -0.25) is 0 Å². The van der Waals surface area contributed by atoms with Crippen molar-refractivity contribution in [2.45, 2.75) is 24.8 Å². The highest BCUT2D eigenvalue weighted by molar-refractivity contribution is 5.73. The van der Waals surface area contributed by atoms with Gasteiger partial charge >= 0.3 is 0 Å². The van der Waals surface area contributed by atoms with Crippen molar-refractivity contribution in [3.05, 3.63) is 24.3 Å². The van der Waals surface area contributed by atoms with E-state index in [0.717, 1.165) is 6.54 Å². The molecule has 2 heteroatoms. The summed E-state index contributed by atoms with van der Waals surface area (Å²) in [5, 5.41) is 3.54. The van der Waals surface area contributed by atoms with Gasteiger partial charge in [-0.15, -0.1) is 0 Å². The van der Waals surface area contributed by atoms with E-state index < -0.39 is 0 Å². The zero-order valence-electron chi connectivity index (χ0n) is 8.59. The Morgan fingerprint density at radius 3 is 2.79 bits per heavy atom. The maximum absolute atomic E-state index is 3.54. The van der Waals surface area contributed by atoms with E-state index in [-0.39, 0.29) is 0 Å². The Labute approximate surface area is 84.9 Å². The van der Waals surface area contributed by atoms with E-state index in [2.05, 4.69) is 41.5 Å². The molecule has 1 aromatic rings. The summed E-state index contributed by atoms with van der Waals surface area (Å²) in [5.74, 6) is 0. The largest absolute Gasteiger partial charge is 0.381 e. The first kappa shape index (κ1) is 8.16. The van der Waals surface area contributed by atoms with Crippen LogP contribution in [-0.2, 0) is 0 Å². The molecule has 0 saturated heterocycles. The van der Waals surface area contributed by atoms with Crippen molar-refractivity contribution < 1.29 is 0 Å². The molecule has 1 heterocycles. The van der Waals surface area contributed by atoms with E-state index in [1.165, 1.54) is 30.6 Å². The van der Waals surface area contributed by atoms with Crippen molar-refractivity contribution in [1.82, 2.24) is 0 Å². The van der Waals surface area contributed by atoms with Crippen molar-refractivity contribution >= 4 is 11.4 Å². The van der Waals surface area contributed by atoms with E-state index in [4.69, 9.17) is 0 Å². The number of para-hydroxylation sites is 2. The molecule has 1 saturated carbocycles. The average Bonchev–Trinajstić information content (AvgIpc) is 2.16. The zero-order valence-corrected chi connectivity index (χ0v) is 8.59. The lowest BCUT2D eigenvalue weighted by Gasteiger charge is -2.53. The first-order valence-electron chi connectivity index (χ1n) is 5.39. The Morgan fingerprint density at radius 2 is 2.07 bits per heavy atom. The highest BCUT2D eigenvalue weighted by Crippen LogP contribution is 2.44. The molecule has 1 spiro atoms. The number of fused-ring (bicyclic) bond motifs is 1. The van der Waals surface area contributed by atoms with Crippen LogP contribution in [0.1, 0.15) is 19.3 Å². The second kappa shape index (κ2) is 2.66. The predicted octanol–water partition coefficient (Wildman–Crippen LogP) is 2.47. The first-order valence-corrected chi connectivity index (χ1v) is 5.39. The van der Waals surface area contributed by atoms with Crippen LogP contribution in [-0.4, -0.2) is 19.1 Å². The monoisotopic (exact) mass is 188 g/mol. The fourth-order valence-corrected chi connectivity index (χ4v) is 2.65. The molecule has 0 aromatic heterocycles. The molecule has 0 atom stereocenters. The maximum Gasteiger partial charge on any atom is 0.0604 e. The van der Waals surface area contributed by atoms with Crippen molar-refractivity contribution in [3.8, 4) is 0 Å². The fourth-order valence-electron chi connectivity index (χ4n) is 2.65. The molecule has 0 unspecified atom stereocenters. The topological polar surface area (TPSA) is 15.3 Å². The summed E-state index contributed by atoms with van der Waals surface area (Å²) in [6, 6.07) is 8.59. The lowest BCUT2D eigenvalue weighted by atomic mass is 9.74. The van der Waals surface area contributed by atoms with E-state index >= 15 is 0 Å². The van der Waals surface area contributed by atoms with Gasteiger partial charge in [0.1, 0.15) is 0 Å². The molecular weight excluding hydrogens is 172 g/mol. The molecule has 14 heavy (non-hydrogen) atoms. The number of nitrogens with zero attached hydrogens (tertiary/aromatic N) is 1. The molecule has 1 aliphatic carbocycles. The number of anilines is 2. The molecule has 1 aromatic carbocycles. The van der Waals surface area contributed by atoms with Gasteiger partial charge in [-0.1, -0.05) is 12.1 Å². The minimum Gasteiger partial charge on any atom is -0.381 e. The van der Waals surface area contributed by atoms with Crippen LogP contribution in [0.3, 0.4) is 0 Å². The van der Waals surface area contributed by atoms with E-state index in [9.17, 15) is 0 Å². The number of nitrogens with one attached hydrogen (secondary N) is 1. The molecule has 74 valence electrons. The van der Waals surface area contributed by atoms with Gasteiger partial charge in [0.15, 0.2) is 0 Å². The Kier molecular flexibility index (Phi) is 1.55. The van der Waals surface area contributed by atoms with Crippen LogP contribution >= 0.6 is 0 Å². The van der Waals surface area contributed by atoms with Crippen LogP contribution in [0, 0.1) is 0 Å². The number of rotatable bonds is 0. The molecule has 1 fully saturated rings. The standard InChI is InChI=1S/C12H16N2/c1-14-11-6-3-2-5-10(11)13-9-12(14)7-4-8-12/h2-3,5-6,13H,4,7-9H2,1H3. The first-order chi connectivity index (χ1) is 6.82. The predicted molar refractivity (Wildman–Crippen MR) is 59.9 cm³/mol. The molecule has 2 aliphatic rings. The van der Waals surface area contributed by atoms with Crippen molar-refractivity contribution in [1.29, 1.82) is 0 Å². The van der Waals surface area contributed by atoms with Crippen molar-refractivity contribution in [2.75, 3.05) is 23.8 Å². The molecule has 0 bridgehead atoms. The summed E-state index contributed by atoms with van der Waals surface area (Å²) < 4.78 is 0. The summed E-state index contributed by atoms with van der Waals surface area (Å²) in [5.41, 5.74) is 3.07. The second-order valence-electron chi connectivity index (χ2n) is 4.51. The number of likely N-dealkylation sites (N-methyl/N-ethyl adjacent to an activating group) is 1. The number of hydrogen-bond donors (Lipinski definition) is 1. The molecule has 1 N–H and O–H groups in total. The van der Waals surface area contributed by atoms with Gasteiger partial charge < -0.3 is 10.2 Å². The molecule has 3 rings (SSSR count). The summed E-state index contributed by atoms with van der Waals surface area (Å²) in [4.78, 5) is 2.47. The Hall–Kier alpha value is -1.18. The average molecular weight is 188 g/mol. The van der Waals surface area contributed by atoms with Gasteiger partial charge in [0, 0.05) is 13.6 Å². The Bertz CT molecular complexity index is 355. The van der Waals surface area contributed by atoms with Crippen LogP contribution < -0.4 is 10.2 Å². The molecule has 0 radical (unpaired) electrons. The molecule has 2 nitrogen and oxygen atoms in total. The minimum atomic E-state index is 0.425. The smallest absolute Gasteiger partial charge is 0.0604 e. The summed E-state index contributed by atoms with van der Waals surface area (Å²) in [7, 11) is 2.23. The van der Waals surface area contributed by atoms with Crippen molar-refractivity contribution in [2.24, 2.45) is 0 Å². The number of benzene rings is 1. The SMILES string of the molecule is CN1c2ccccc2NCC12CCC2. The summed E-state index contributed by atoms with van der Waals surface area (Å²) >= 11 is 0. The van der Waals surface area contributed by atoms with Crippen LogP contribution in [0.2, 0.25) is 0 Å². The van der Waals surface area contributed by atoms with Gasteiger partial charge in [-0.25, -0.2) is 0 Å². The van der Waals surface area contributed by atoms with Gasteiger partial charge in [-0.05, 0) is 31.4 Å². The van der Waals surface area contributed by atoms with Crippen molar-refractivity contribution in [3.63, 3.8) is 0 Å². The zero-order chi connectivity index (χ0) is 9.60. The van der Waals surface area contributed by atoms with Gasteiger partial charge in [0.25, 0.3) is 0 Å². The van der Waals surface area contributed by atoms with Crippen LogP contribution in [0.5, 0.6) is 0 Å². The Morgan fingerprint density at radius 1 is 1.29 bits per heavy atom. The quantitative estimate of drug-likeness (QED) is 0.673. The van der Waals surface area contributed by atoms with Crippen LogP contribution in [0.25, 0.3) is 0 Å². The van der Waals surface area contributed by atoms with E-state index in [0.29, 0.717) is 5.54 Å². The highest BCUT2D eigenvalue weighted by atomic mass is 15.3. The van der Waals surface area contributed by atoms with E-state index in [1.54, 1.807) is 0 Å². The number of hydrogen-bond acceptors (Lipinski definition) is 2. The van der Waals surface area contributed by atoms with Gasteiger partial charge in [0.2, 0.25) is 0 Å². The lowest BCUT2D eigenvalue weighted by molar-refractivity contribution is 0.249. The fraction of sp³-hybridized carbons (Fsp3) is 0.500. The maximum atomic E-state index is 3.54. The molecule has 0 amide bonds. The molecular formula is C12H16N2. The third-order valence-corrected chi connectivity index (χ3v) is 3.87. The third kappa shape index (κ3) is 0.912. The third-order valence-electron chi connectivity index (χ3n) is 3.87. The second-order valence-corrected chi connectivity index (χ2v) is 4.51. The van der Waals surface area contributed by atoms with Crippen LogP contribution in [0.15, 0.2) is 24.3 Å². The molecule has 1 aliphatic heterocycles. The van der Waals surface area contributed by atoms with E-state index in [1.807, 2.05) is 0 Å². The van der Waals surface area contributed by atoms with Gasteiger partial charge in [0.05, 0.1) is 16.9 Å². The van der Waals surface area contributed by atoms with Crippen LogP contribution in [0.4, 0.5) is 11.4 Å².